The Bertz CT molecular complexity index is 715. The average Bonchev–Trinajstić information content (AvgIpc) is 2.96. The number of amides is 1. The number of carbonyl (C=O) groups is 1. The van der Waals surface area contributed by atoms with Crippen LogP contribution in [0.2, 0.25) is 0 Å². The molecule has 130 valence electrons. The van der Waals surface area contributed by atoms with Crippen LogP contribution in [0, 0.1) is 6.92 Å². The minimum atomic E-state index is -0.138. The summed E-state index contributed by atoms with van der Waals surface area (Å²) in [5, 5.41) is 3.67. The van der Waals surface area contributed by atoms with Crippen LogP contribution in [0.5, 0.6) is 11.5 Å². The van der Waals surface area contributed by atoms with Crippen LogP contribution in [0.25, 0.3) is 10.6 Å². The van der Waals surface area contributed by atoms with Gasteiger partial charge in [-0.05, 0) is 32.0 Å². The summed E-state index contributed by atoms with van der Waals surface area (Å²) < 4.78 is 15.6. The molecule has 2 rings (SSSR count). The molecule has 0 fully saturated rings. The van der Waals surface area contributed by atoms with Crippen LogP contribution in [0.3, 0.4) is 0 Å². The van der Waals surface area contributed by atoms with E-state index in [4.69, 9.17) is 14.2 Å². The Hall–Kier alpha value is -2.12. The molecular formula is C17H22N2O4S. The van der Waals surface area contributed by atoms with Crippen molar-refractivity contribution in [3.05, 3.63) is 28.8 Å². The standard InChI is InChI=1S/C17H22N2O4S/c1-10(9-21-3)18-16(20)15-11(2)19-17(24-15)12-6-7-13(22-4)14(8-12)23-5/h6-8,10H,9H2,1-5H3,(H,18,20). The zero-order valence-corrected chi connectivity index (χ0v) is 15.3. The normalized spacial score (nSPS) is 11.9. The van der Waals surface area contributed by atoms with Gasteiger partial charge in [-0.25, -0.2) is 4.98 Å². The fraction of sp³-hybridized carbons (Fsp3) is 0.412. The molecule has 0 aliphatic rings. The number of methoxy groups -OCH3 is 3. The third kappa shape index (κ3) is 4.04. The van der Waals surface area contributed by atoms with Crippen molar-refractivity contribution in [1.29, 1.82) is 0 Å². The Morgan fingerprint density at radius 3 is 2.58 bits per heavy atom. The summed E-state index contributed by atoms with van der Waals surface area (Å²) >= 11 is 1.35. The molecule has 0 saturated carbocycles. The van der Waals surface area contributed by atoms with Gasteiger partial charge in [-0.1, -0.05) is 0 Å². The van der Waals surface area contributed by atoms with E-state index in [0.717, 1.165) is 10.6 Å². The minimum absolute atomic E-state index is 0.0615. The second-order valence-corrected chi connectivity index (χ2v) is 6.33. The first-order valence-corrected chi connectivity index (χ1v) is 8.31. The van der Waals surface area contributed by atoms with E-state index in [-0.39, 0.29) is 11.9 Å². The van der Waals surface area contributed by atoms with Crippen molar-refractivity contribution in [3.8, 4) is 22.1 Å². The van der Waals surface area contributed by atoms with Gasteiger partial charge in [0.25, 0.3) is 5.91 Å². The van der Waals surface area contributed by atoms with Crippen molar-refractivity contribution >= 4 is 17.2 Å². The molecule has 0 radical (unpaired) electrons. The lowest BCUT2D eigenvalue weighted by atomic mass is 10.2. The molecule has 0 saturated heterocycles. The van der Waals surface area contributed by atoms with Gasteiger partial charge in [0.15, 0.2) is 11.5 Å². The molecule has 1 aromatic heterocycles. The van der Waals surface area contributed by atoms with Crippen LogP contribution >= 0.6 is 11.3 Å². The molecule has 0 spiro atoms. The third-order valence-electron chi connectivity index (χ3n) is 3.43. The minimum Gasteiger partial charge on any atom is -0.493 e. The number of ether oxygens (including phenoxy) is 3. The van der Waals surface area contributed by atoms with Crippen molar-refractivity contribution in [1.82, 2.24) is 10.3 Å². The van der Waals surface area contributed by atoms with Crippen LogP contribution in [0.15, 0.2) is 18.2 Å². The highest BCUT2D eigenvalue weighted by molar-refractivity contribution is 7.17. The molecule has 0 aliphatic heterocycles. The maximum absolute atomic E-state index is 12.4. The van der Waals surface area contributed by atoms with Gasteiger partial charge >= 0.3 is 0 Å². The molecule has 24 heavy (non-hydrogen) atoms. The molecular weight excluding hydrogens is 328 g/mol. The highest BCUT2D eigenvalue weighted by Crippen LogP contribution is 2.34. The Balaban J connectivity index is 2.26. The van der Waals surface area contributed by atoms with E-state index in [2.05, 4.69) is 10.3 Å². The molecule has 1 atom stereocenters. The summed E-state index contributed by atoms with van der Waals surface area (Å²) in [4.78, 5) is 17.5. The maximum atomic E-state index is 12.4. The summed E-state index contributed by atoms with van der Waals surface area (Å²) in [6.45, 7) is 4.19. The van der Waals surface area contributed by atoms with Crippen molar-refractivity contribution in [3.63, 3.8) is 0 Å². The lowest BCUT2D eigenvalue weighted by molar-refractivity contribution is 0.0909. The van der Waals surface area contributed by atoms with Crippen LogP contribution in [0.4, 0.5) is 0 Å². The molecule has 0 aliphatic carbocycles. The number of nitrogens with zero attached hydrogens (tertiary/aromatic N) is 1. The van der Waals surface area contributed by atoms with Gasteiger partial charge in [0, 0.05) is 18.7 Å². The number of hydrogen-bond donors (Lipinski definition) is 1. The average molecular weight is 350 g/mol. The molecule has 1 unspecified atom stereocenters. The molecule has 1 heterocycles. The highest BCUT2D eigenvalue weighted by Gasteiger charge is 2.18. The summed E-state index contributed by atoms with van der Waals surface area (Å²) in [6.07, 6.45) is 0. The quantitative estimate of drug-likeness (QED) is 0.831. The Morgan fingerprint density at radius 1 is 1.25 bits per heavy atom. The summed E-state index contributed by atoms with van der Waals surface area (Å²) in [5.74, 6) is 1.14. The van der Waals surface area contributed by atoms with Gasteiger partial charge in [-0.2, -0.15) is 0 Å². The first-order valence-electron chi connectivity index (χ1n) is 7.49. The topological polar surface area (TPSA) is 69.7 Å². The maximum Gasteiger partial charge on any atom is 0.263 e. The lowest BCUT2D eigenvalue weighted by Crippen LogP contribution is -2.35. The van der Waals surface area contributed by atoms with E-state index in [1.54, 1.807) is 21.3 Å². The van der Waals surface area contributed by atoms with Crippen LogP contribution < -0.4 is 14.8 Å². The SMILES string of the molecule is COCC(C)NC(=O)c1sc(-c2ccc(OC)c(OC)c2)nc1C. The summed E-state index contributed by atoms with van der Waals surface area (Å²) in [7, 11) is 4.79. The van der Waals surface area contributed by atoms with E-state index in [9.17, 15) is 4.79 Å². The molecule has 1 aromatic carbocycles. The third-order valence-corrected chi connectivity index (χ3v) is 4.63. The smallest absolute Gasteiger partial charge is 0.263 e. The van der Waals surface area contributed by atoms with Gasteiger partial charge < -0.3 is 19.5 Å². The number of thiazole rings is 1. The van der Waals surface area contributed by atoms with Crippen LogP contribution in [0.1, 0.15) is 22.3 Å². The van der Waals surface area contributed by atoms with E-state index in [1.807, 2.05) is 32.0 Å². The number of hydrogen-bond acceptors (Lipinski definition) is 6. The monoisotopic (exact) mass is 350 g/mol. The van der Waals surface area contributed by atoms with E-state index >= 15 is 0 Å². The Labute approximate surface area is 145 Å². The molecule has 6 nitrogen and oxygen atoms in total. The highest BCUT2D eigenvalue weighted by atomic mass is 32.1. The molecule has 0 bridgehead atoms. The molecule has 1 N–H and O–H groups in total. The lowest BCUT2D eigenvalue weighted by Gasteiger charge is -2.11. The number of carbonyl (C=O) groups excluding carboxylic acids is 1. The first-order chi connectivity index (χ1) is 11.5. The Kier molecular flexibility index (Phi) is 6.16. The van der Waals surface area contributed by atoms with Gasteiger partial charge in [0.1, 0.15) is 9.88 Å². The largest absolute Gasteiger partial charge is 0.493 e. The molecule has 7 heteroatoms. The first kappa shape index (κ1) is 18.2. The van der Waals surface area contributed by atoms with Crippen molar-refractivity contribution in [2.24, 2.45) is 0 Å². The zero-order chi connectivity index (χ0) is 17.7. The predicted molar refractivity (Wildman–Crippen MR) is 94.2 cm³/mol. The fourth-order valence-corrected chi connectivity index (χ4v) is 3.25. The summed E-state index contributed by atoms with van der Waals surface area (Å²) in [5.41, 5.74) is 1.58. The predicted octanol–water partition coefficient (Wildman–Crippen LogP) is 2.90. The number of benzene rings is 1. The van der Waals surface area contributed by atoms with E-state index in [1.165, 1.54) is 11.3 Å². The van der Waals surface area contributed by atoms with Gasteiger partial charge in [0.2, 0.25) is 0 Å². The van der Waals surface area contributed by atoms with Crippen molar-refractivity contribution in [2.75, 3.05) is 27.9 Å². The number of aromatic nitrogens is 1. The van der Waals surface area contributed by atoms with Gasteiger partial charge in [-0.3, -0.25) is 4.79 Å². The number of aryl methyl sites for hydroxylation is 1. The second kappa shape index (κ2) is 8.12. The zero-order valence-electron chi connectivity index (χ0n) is 14.5. The fourth-order valence-electron chi connectivity index (χ4n) is 2.28. The van der Waals surface area contributed by atoms with Crippen molar-refractivity contribution in [2.45, 2.75) is 19.9 Å². The van der Waals surface area contributed by atoms with E-state index < -0.39 is 0 Å². The van der Waals surface area contributed by atoms with Gasteiger partial charge in [-0.15, -0.1) is 11.3 Å². The molecule has 1 amide bonds. The summed E-state index contributed by atoms with van der Waals surface area (Å²) in [6, 6.07) is 5.51. The van der Waals surface area contributed by atoms with Crippen LogP contribution in [-0.2, 0) is 4.74 Å². The van der Waals surface area contributed by atoms with E-state index in [0.29, 0.717) is 28.7 Å². The van der Waals surface area contributed by atoms with Gasteiger partial charge in [0.05, 0.1) is 26.5 Å². The van der Waals surface area contributed by atoms with Crippen molar-refractivity contribution < 1.29 is 19.0 Å². The second-order valence-electron chi connectivity index (χ2n) is 5.33. The molecule has 2 aromatic rings. The number of nitrogens with one attached hydrogen (secondary N) is 1. The van der Waals surface area contributed by atoms with Crippen LogP contribution in [-0.4, -0.2) is 44.9 Å². The number of rotatable bonds is 7. The Morgan fingerprint density at radius 2 is 1.96 bits per heavy atom.